The SMILES string of the molecule is CCc1occc1-c1nc(-c2cccc(O)c2)no1. The molecule has 0 fully saturated rings. The summed E-state index contributed by atoms with van der Waals surface area (Å²) in [6, 6.07) is 8.53. The van der Waals surface area contributed by atoms with Crippen LogP contribution in [-0.2, 0) is 6.42 Å². The summed E-state index contributed by atoms with van der Waals surface area (Å²) in [4.78, 5) is 4.32. The summed E-state index contributed by atoms with van der Waals surface area (Å²) in [6.07, 6.45) is 2.36. The standard InChI is InChI=1S/C14H12N2O3/c1-2-12-11(6-7-18-12)14-15-13(16-19-14)9-4-3-5-10(17)8-9/h3-8,17H,2H2,1H3. The Bertz CT molecular complexity index is 700. The van der Waals surface area contributed by atoms with E-state index in [0.717, 1.165) is 17.7 Å². The fourth-order valence-electron chi connectivity index (χ4n) is 1.90. The molecule has 3 aromatic rings. The van der Waals surface area contributed by atoms with Crippen LogP contribution in [0, 0.1) is 0 Å². The molecule has 0 unspecified atom stereocenters. The lowest BCUT2D eigenvalue weighted by atomic mass is 10.2. The Hall–Kier alpha value is -2.56. The van der Waals surface area contributed by atoms with Crippen molar-refractivity contribution >= 4 is 0 Å². The highest BCUT2D eigenvalue weighted by molar-refractivity contribution is 5.61. The first kappa shape index (κ1) is 11.5. The van der Waals surface area contributed by atoms with E-state index in [0.29, 0.717) is 17.3 Å². The molecule has 0 amide bonds. The molecule has 1 aromatic carbocycles. The van der Waals surface area contributed by atoms with Crippen LogP contribution in [0.5, 0.6) is 5.75 Å². The van der Waals surface area contributed by atoms with Gasteiger partial charge in [0.1, 0.15) is 11.5 Å². The smallest absolute Gasteiger partial charge is 0.261 e. The third-order valence-electron chi connectivity index (χ3n) is 2.83. The largest absolute Gasteiger partial charge is 0.508 e. The van der Waals surface area contributed by atoms with Crippen LogP contribution < -0.4 is 0 Å². The number of aromatic hydroxyl groups is 1. The molecule has 0 aliphatic carbocycles. The van der Waals surface area contributed by atoms with Gasteiger partial charge in [-0.1, -0.05) is 24.2 Å². The van der Waals surface area contributed by atoms with Crippen LogP contribution in [0.3, 0.4) is 0 Å². The van der Waals surface area contributed by atoms with Crippen molar-refractivity contribution in [2.45, 2.75) is 13.3 Å². The molecule has 0 atom stereocenters. The second kappa shape index (κ2) is 4.61. The van der Waals surface area contributed by atoms with E-state index in [1.165, 1.54) is 0 Å². The molecule has 0 aliphatic rings. The maximum Gasteiger partial charge on any atom is 0.261 e. The first-order valence-corrected chi connectivity index (χ1v) is 5.97. The van der Waals surface area contributed by atoms with Crippen molar-refractivity contribution in [3.05, 3.63) is 42.4 Å². The van der Waals surface area contributed by atoms with E-state index < -0.39 is 0 Å². The van der Waals surface area contributed by atoms with E-state index >= 15 is 0 Å². The summed E-state index contributed by atoms with van der Waals surface area (Å²) >= 11 is 0. The van der Waals surface area contributed by atoms with Crippen molar-refractivity contribution in [1.29, 1.82) is 0 Å². The minimum Gasteiger partial charge on any atom is -0.508 e. The summed E-state index contributed by atoms with van der Waals surface area (Å²) in [5, 5.41) is 13.4. The first-order chi connectivity index (χ1) is 9.28. The molecular weight excluding hydrogens is 244 g/mol. The molecule has 19 heavy (non-hydrogen) atoms. The van der Waals surface area contributed by atoms with E-state index in [1.807, 2.05) is 13.0 Å². The molecule has 0 saturated carbocycles. The molecule has 0 saturated heterocycles. The van der Waals surface area contributed by atoms with Crippen LogP contribution in [0.15, 0.2) is 45.5 Å². The molecule has 0 aliphatic heterocycles. The third-order valence-corrected chi connectivity index (χ3v) is 2.83. The summed E-state index contributed by atoms with van der Waals surface area (Å²) in [7, 11) is 0. The second-order valence-electron chi connectivity index (χ2n) is 4.08. The quantitative estimate of drug-likeness (QED) is 0.778. The molecule has 3 rings (SSSR count). The van der Waals surface area contributed by atoms with Gasteiger partial charge >= 0.3 is 0 Å². The monoisotopic (exact) mass is 256 g/mol. The second-order valence-corrected chi connectivity index (χ2v) is 4.08. The Balaban J connectivity index is 2.00. The molecule has 5 nitrogen and oxygen atoms in total. The zero-order valence-electron chi connectivity index (χ0n) is 10.3. The Morgan fingerprint density at radius 2 is 2.16 bits per heavy atom. The van der Waals surface area contributed by atoms with Gasteiger partial charge in [0, 0.05) is 12.0 Å². The highest BCUT2D eigenvalue weighted by Gasteiger charge is 2.15. The Morgan fingerprint density at radius 1 is 1.26 bits per heavy atom. The van der Waals surface area contributed by atoms with Gasteiger partial charge in [-0.05, 0) is 18.2 Å². The van der Waals surface area contributed by atoms with Crippen molar-refractivity contribution in [3.8, 4) is 28.6 Å². The normalized spacial score (nSPS) is 10.8. The van der Waals surface area contributed by atoms with Gasteiger partial charge in [-0.15, -0.1) is 0 Å². The molecule has 0 bridgehead atoms. The summed E-state index contributed by atoms with van der Waals surface area (Å²) in [6.45, 7) is 1.99. The lowest BCUT2D eigenvalue weighted by molar-refractivity contribution is 0.430. The van der Waals surface area contributed by atoms with Crippen molar-refractivity contribution in [2.24, 2.45) is 0 Å². The van der Waals surface area contributed by atoms with Crippen LogP contribution in [0.1, 0.15) is 12.7 Å². The fourth-order valence-corrected chi connectivity index (χ4v) is 1.90. The number of rotatable bonds is 3. The van der Waals surface area contributed by atoms with Crippen LogP contribution in [0.2, 0.25) is 0 Å². The zero-order valence-corrected chi connectivity index (χ0v) is 10.3. The molecule has 96 valence electrons. The van der Waals surface area contributed by atoms with Crippen molar-refractivity contribution in [1.82, 2.24) is 10.1 Å². The molecular formula is C14H12N2O3. The number of nitrogens with zero attached hydrogens (tertiary/aromatic N) is 2. The topological polar surface area (TPSA) is 72.3 Å². The van der Waals surface area contributed by atoms with Gasteiger partial charge in [-0.3, -0.25) is 0 Å². The number of hydrogen-bond donors (Lipinski definition) is 1. The molecule has 0 spiro atoms. The molecule has 5 heteroatoms. The van der Waals surface area contributed by atoms with E-state index in [4.69, 9.17) is 8.94 Å². The highest BCUT2D eigenvalue weighted by Crippen LogP contribution is 2.27. The predicted molar refractivity (Wildman–Crippen MR) is 68.5 cm³/mol. The fraction of sp³-hybridized carbons (Fsp3) is 0.143. The maximum atomic E-state index is 9.45. The number of aryl methyl sites for hydroxylation is 1. The molecule has 0 radical (unpaired) electrons. The van der Waals surface area contributed by atoms with Gasteiger partial charge in [-0.25, -0.2) is 0 Å². The number of phenolic OH excluding ortho intramolecular Hbond substituents is 1. The predicted octanol–water partition coefficient (Wildman–Crippen LogP) is 3.26. The minimum absolute atomic E-state index is 0.168. The Morgan fingerprint density at radius 3 is 2.95 bits per heavy atom. The number of phenols is 1. The lowest BCUT2D eigenvalue weighted by Gasteiger charge is -1.94. The van der Waals surface area contributed by atoms with Crippen molar-refractivity contribution in [3.63, 3.8) is 0 Å². The van der Waals surface area contributed by atoms with Crippen LogP contribution in [0.4, 0.5) is 0 Å². The van der Waals surface area contributed by atoms with Gasteiger partial charge in [0.15, 0.2) is 0 Å². The van der Waals surface area contributed by atoms with Gasteiger partial charge in [0.05, 0.1) is 11.8 Å². The van der Waals surface area contributed by atoms with Gasteiger partial charge in [0.2, 0.25) is 5.82 Å². The molecule has 2 heterocycles. The van der Waals surface area contributed by atoms with Gasteiger partial charge < -0.3 is 14.0 Å². The third kappa shape index (κ3) is 2.10. The number of aromatic nitrogens is 2. The van der Waals surface area contributed by atoms with E-state index in [1.54, 1.807) is 30.5 Å². The summed E-state index contributed by atoms with van der Waals surface area (Å²) in [5.41, 5.74) is 1.51. The minimum atomic E-state index is 0.168. The average Bonchev–Trinajstić information content (AvgIpc) is 3.07. The lowest BCUT2D eigenvalue weighted by Crippen LogP contribution is -1.83. The van der Waals surface area contributed by atoms with Crippen molar-refractivity contribution < 1.29 is 14.0 Å². The zero-order chi connectivity index (χ0) is 13.2. The first-order valence-electron chi connectivity index (χ1n) is 5.97. The summed E-state index contributed by atoms with van der Waals surface area (Å²) < 4.78 is 10.6. The van der Waals surface area contributed by atoms with Crippen molar-refractivity contribution in [2.75, 3.05) is 0 Å². The Labute approximate surface area is 109 Å². The van der Waals surface area contributed by atoms with Crippen LogP contribution in [-0.4, -0.2) is 15.2 Å². The average molecular weight is 256 g/mol. The maximum absolute atomic E-state index is 9.45. The van der Waals surface area contributed by atoms with E-state index in [2.05, 4.69) is 10.1 Å². The highest BCUT2D eigenvalue weighted by atomic mass is 16.5. The number of furan rings is 1. The molecule has 1 N–H and O–H groups in total. The molecule has 2 aromatic heterocycles. The van der Waals surface area contributed by atoms with Gasteiger partial charge in [-0.2, -0.15) is 4.98 Å². The summed E-state index contributed by atoms with van der Waals surface area (Å²) in [5.74, 6) is 1.84. The van der Waals surface area contributed by atoms with Crippen LogP contribution >= 0.6 is 0 Å². The Kier molecular flexibility index (Phi) is 2.79. The number of hydrogen-bond acceptors (Lipinski definition) is 5. The van der Waals surface area contributed by atoms with Crippen LogP contribution in [0.25, 0.3) is 22.8 Å². The van der Waals surface area contributed by atoms with E-state index in [-0.39, 0.29) is 5.75 Å². The van der Waals surface area contributed by atoms with E-state index in [9.17, 15) is 5.11 Å². The number of benzene rings is 1. The van der Waals surface area contributed by atoms with Gasteiger partial charge in [0.25, 0.3) is 5.89 Å².